The van der Waals surface area contributed by atoms with Gasteiger partial charge in [-0.2, -0.15) is 0 Å². The van der Waals surface area contributed by atoms with Gasteiger partial charge in [0.25, 0.3) is 5.56 Å². The summed E-state index contributed by atoms with van der Waals surface area (Å²) in [7, 11) is 2.22. The number of ether oxygens (including phenoxy) is 1. The molecular formula is C17H19ClN2O2. The summed E-state index contributed by atoms with van der Waals surface area (Å²) in [5.74, 6) is 0.689. The molecule has 4 rings (SSSR count). The minimum absolute atomic E-state index is 0.122. The maximum Gasteiger partial charge on any atom is 0.255 e. The third-order valence-electron chi connectivity index (χ3n) is 5.17. The molecule has 1 N–H and O–H groups in total. The van der Waals surface area contributed by atoms with Gasteiger partial charge in [0.2, 0.25) is 0 Å². The van der Waals surface area contributed by atoms with Gasteiger partial charge in [-0.1, -0.05) is 11.6 Å². The first kappa shape index (κ1) is 14.1. The monoisotopic (exact) mass is 318 g/mol. The van der Waals surface area contributed by atoms with Crippen molar-refractivity contribution >= 4 is 22.4 Å². The highest BCUT2D eigenvalue weighted by Crippen LogP contribution is 2.37. The van der Waals surface area contributed by atoms with E-state index in [2.05, 4.69) is 16.9 Å². The van der Waals surface area contributed by atoms with Crippen LogP contribution in [0.2, 0.25) is 5.02 Å². The first-order valence-corrected chi connectivity index (χ1v) is 8.19. The molecular weight excluding hydrogens is 300 g/mol. The predicted octanol–water partition coefficient (Wildman–Crippen LogP) is 3.19. The fourth-order valence-corrected chi connectivity index (χ4v) is 4.12. The largest absolute Gasteiger partial charge is 0.489 e. The van der Waals surface area contributed by atoms with Crippen molar-refractivity contribution in [1.29, 1.82) is 0 Å². The Morgan fingerprint density at radius 2 is 2.00 bits per heavy atom. The summed E-state index contributed by atoms with van der Waals surface area (Å²) in [6, 6.07) is 6.72. The molecule has 0 radical (unpaired) electrons. The smallest absolute Gasteiger partial charge is 0.255 e. The van der Waals surface area contributed by atoms with E-state index >= 15 is 0 Å². The van der Waals surface area contributed by atoms with Crippen LogP contribution in [0, 0.1) is 0 Å². The molecule has 1 aromatic heterocycles. The lowest BCUT2D eigenvalue weighted by atomic mass is 10.0. The van der Waals surface area contributed by atoms with E-state index in [9.17, 15) is 4.79 Å². The summed E-state index contributed by atoms with van der Waals surface area (Å²) in [6.07, 6.45) is 6.50. The Kier molecular flexibility index (Phi) is 3.39. The van der Waals surface area contributed by atoms with Gasteiger partial charge in [0.15, 0.2) is 0 Å². The van der Waals surface area contributed by atoms with E-state index < -0.39 is 0 Å². The summed E-state index contributed by atoms with van der Waals surface area (Å²) in [5.41, 5.74) is -0.122. The third-order valence-corrected chi connectivity index (χ3v) is 5.47. The molecule has 2 saturated heterocycles. The number of halogens is 1. The van der Waals surface area contributed by atoms with Crippen molar-refractivity contribution in [3.8, 4) is 5.75 Å². The molecule has 5 heteroatoms. The van der Waals surface area contributed by atoms with Crippen molar-refractivity contribution in [2.24, 2.45) is 0 Å². The van der Waals surface area contributed by atoms with Crippen molar-refractivity contribution in [1.82, 2.24) is 9.88 Å². The summed E-state index contributed by atoms with van der Waals surface area (Å²) >= 11 is 6.32. The van der Waals surface area contributed by atoms with Crippen LogP contribution in [-0.2, 0) is 0 Å². The number of aromatic amines is 1. The molecule has 2 unspecified atom stereocenters. The Hall–Kier alpha value is -1.52. The Morgan fingerprint density at radius 3 is 2.73 bits per heavy atom. The fraction of sp³-hybridized carbons (Fsp3) is 0.471. The number of nitrogens with zero attached hydrogens (tertiary/aromatic N) is 1. The van der Waals surface area contributed by atoms with Crippen LogP contribution in [0.1, 0.15) is 25.7 Å². The van der Waals surface area contributed by atoms with Crippen molar-refractivity contribution in [3.63, 3.8) is 0 Å². The average molecular weight is 319 g/mol. The second-order valence-electron chi connectivity index (χ2n) is 6.44. The number of H-pyrrole nitrogens is 1. The van der Waals surface area contributed by atoms with Crippen molar-refractivity contribution in [3.05, 3.63) is 39.8 Å². The number of hydrogen-bond acceptors (Lipinski definition) is 3. The van der Waals surface area contributed by atoms with Crippen LogP contribution in [-0.4, -0.2) is 35.1 Å². The van der Waals surface area contributed by atoms with Gasteiger partial charge in [-0.15, -0.1) is 0 Å². The van der Waals surface area contributed by atoms with Crippen molar-refractivity contribution < 1.29 is 4.74 Å². The number of aromatic nitrogens is 1. The first-order chi connectivity index (χ1) is 10.6. The fourth-order valence-electron chi connectivity index (χ4n) is 3.92. The van der Waals surface area contributed by atoms with Crippen LogP contribution in [0.4, 0.5) is 0 Å². The normalized spacial score (nSPS) is 28.2. The molecule has 0 spiro atoms. The van der Waals surface area contributed by atoms with E-state index in [1.807, 2.05) is 12.1 Å². The van der Waals surface area contributed by atoms with Crippen LogP contribution in [0.15, 0.2) is 29.2 Å². The summed E-state index contributed by atoms with van der Waals surface area (Å²) in [6.45, 7) is 0. The van der Waals surface area contributed by atoms with Crippen LogP contribution in [0.3, 0.4) is 0 Å². The number of hydrogen-bond donors (Lipinski definition) is 1. The highest BCUT2D eigenvalue weighted by atomic mass is 35.5. The number of benzene rings is 1. The lowest BCUT2D eigenvalue weighted by molar-refractivity contribution is 0.0663. The minimum atomic E-state index is -0.122. The van der Waals surface area contributed by atoms with Gasteiger partial charge in [-0.05, 0) is 56.3 Å². The number of nitrogens with one attached hydrogen (secondary N) is 1. The molecule has 0 saturated carbocycles. The van der Waals surface area contributed by atoms with Crippen molar-refractivity contribution in [2.45, 2.75) is 43.9 Å². The molecule has 2 aliphatic rings. The van der Waals surface area contributed by atoms with E-state index in [0.29, 0.717) is 28.2 Å². The van der Waals surface area contributed by atoms with Gasteiger partial charge < -0.3 is 14.6 Å². The van der Waals surface area contributed by atoms with Gasteiger partial charge in [-0.25, -0.2) is 0 Å². The molecule has 2 fully saturated rings. The van der Waals surface area contributed by atoms with Crippen molar-refractivity contribution in [2.75, 3.05) is 7.05 Å². The van der Waals surface area contributed by atoms with E-state index in [1.165, 1.54) is 12.8 Å². The summed E-state index contributed by atoms with van der Waals surface area (Å²) in [5, 5.41) is 1.97. The van der Waals surface area contributed by atoms with Gasteiger partial charge in [0.05, 0.1) is 5.02 Å². The Morgan fingerprint density at radius 1 is 1.27 bits per heavy atom. The maximum atomic E-state index is 11.8. The number of fused-ring (bicyclic) bond motifs is 3. The van der Waals surface area contributed by atoms with Crippen LogP contribution >= 0.6 is 11.6 Å². The lowest BCUT2D eigenvalue weighted by Gasteiger charge is -2.36. The number of pyridine rings is 1. The molecule has 3 heterocycles. The summed E-state index contributed by atoms with van der Waals surface area (Å²) < 4.78 is 6.19. The molecule has 0 amide bonds. The molecule has 2 aliphatic heterocycles. The third kappa shape index (κ3) is 2.31. The Balaban J connectivity index is 1.62. The molecule has 116 valence electrons. The molecule has 2 aromatic rings. The lowest BCUT2D eigenvalue weighted by Crippen LogP contribution is -2.43. The van der Waals surface area contributed by atoms with Gasteiger partial charge >= 0.3 is 0 Å². The molecule has 2 bridgehead atoms. The van der Waals surface area contributed by atoms with E-state index in [4.69, 9.17) is 16.3 Å². The standard InChI is InChI=1S/C17H19ClN2O2/c1-20-11-2-3-12(20)8-13(7-11)22-16-6-10-4-5-19-17(21)14(10)9-15(16)18/h4-6,9,11-13H,2-3,7-8H2,1H3,(H,19,21). The van der Waals surface area contributed by atoms with E-state index in [-0.39, 0.29) is 11.7 Å². The zero-order chi connectivity index (χ0) is 15.3. The second kappa shape index (κ2) is 5.28. The molecule has 4 nitrogen and oxygen atoms in total. The Bertz CT molecular complexity index is 759. The molecule has 0 aliphatic carbocycles. The molecule has 1 aromatic carbocycles. The Labute approximate surface area is 134 Å². The second-order valence-corrected chi connectivity index (χ2v) is 6.85. The topological polar surface area (TPSA) is 45.3 Å². The zero-order valence-electron chi connectivity index (χ0n) is 12.5. The SMILES string of the molecule is CN1C2CCC1CC(Oc1cc3cc[nH]c(=O)c3cc1Cl)C2. The van der Waals surface area contributed by atoms with E-state index in [1.54, 1.807) is 12.3 Å². The number of piperidine rings is 1. The molecule has 2 atom stereocenters. The van der Waals surface area contributed by atoms with Crippen LogP contribution in [0.25, 0.3) is 10.8 Å². The first-order valence-electron chi connectivity index (χ1n) is 7.81. The van der Waals surface area contributed by atoms with Gasteiger partial charge in [0.1, 0.15) is 11.9 Å². The summed E-state index contributed by atoms with van der Waals surface area (Å²) in [4.78, 5) is 17.0. The van der Waals surface area contributed by atoms with Gasteiger partial charge in [0, 0.05) is 23.7 Å². The number of rotatable bonds is 2. The zero-order valence-corrected chi connectivity index (χ0v) is 13.3. The highest BCUT2D eigenvalue weighted by Gasteiger charge is 2.39. The predicted molar refractivity (Wildman–Crippen MR) is 87.8 cm³/mol. The quantitative estimate of drug-likeness (QED) is 0.925. The minimum Gasteiger partial charge on any atom is -0.489 e. The highest BCUT2D eigenvalue weighted by molar-refractivity contribution is 6.32. The van der Waals surface area contributed by atoms with E-state index in [0.717, 1.165) is 18.2 Å². The van der Waals surface area contributed by atoms with Gasteiger partial charge in [-0.3, -0.25) is 4.79 Å². The average Bonchev–Trinajstić information content (AvgIpc) is 2.72. The van der Waals surface area contributed by atoms with Crippen LogP contribution in [0.5, 0.6) is 5.75 Å². The van der Waals surface area contributed by atoms with Crippen LogP contribution < -0.4 is 10.3 Å². The molecule has 22 heavy (non-hydrogen) atoms. The maximum absolute atomic E-state index is 11.8.